The van der Waals surface area contributed by atoms with Gasteiger partial charge in [0.2, 0.25) is 0 Å². The molecule has 0 radical (unpaired) electrons. The molecule has 3 nitrogen and oxygen atoms in total. The molecule has 22 heavy (non-hydrogen) atoms. The molecule has 116 valence electrons. The summed E-state index contributed by atoms with van der Waals surface area (Å²) in [6.07, 6.45) is 0.818. The summed E-state index contributed by atoms with van der Waals surface area (Å²) in [5.41, 5.74) is 2.92. The summed E-state index contributed by atoms with van der Waals surface area (Å²) < 4.78 is 18.5. The Balaban J connectivity index is 0.00000176. The predicted octanol–water partition coefficient (Wildman–Crippen LogP) is 5.11. The molecule has 1 N–H and O–H groups in total. The van der Waals surface area contributed by atoms with Crippen LogP contribution in [0.25, 0.3) is 0 Å². The van der Waals surface area contributed by atoms with Gasteiger partial charge in [-0.1, -0.05) is 0 Å². The molecular formula is C15H14ClFN2OS2. The number of thiazole rings is 1. The van der Waals surface area contributed by atoms with Crippen molar-refractivity contribution in [2.75, 3.05) is 12.4 Å². The molecule has 3 rings (SSSR count). The summed E-state index contributed by atoms with van der Waals surface area (Å²) in [4.78, 5) is 4.51. The molecule has 1 aromatic carbocycles. The van der Waals surface area contributed by atoms with Crippen LogP contribution in [-0.4, -0.2) is 12.1 Å². The number of hydrogen-bond donors (Lipinski definition) is 1. The van der Waals surface area contributed by atoms with Crippen molar-refractivity contribution in [2.24, 2.45) is 0 Å². The smallest absolute Gasteiger partial charge is 0.187 e. The fourth-order valence-corrected chi connectivity index (χ4v) is 3.31. The van der Waals surface area contributed by atoms with E-state index in [1.165, 1.54) is 30.1 Å². The Hall–Kier alpha value is -1.63. The first kappa shape index (κ1) is 16.7. The van der Waals surface area contributed by atoms with Gasteiger partial charge in [0, 0.05) is 23.6 Å². The number of benzene rings is 1. The van der Waals surface area contributed by atoms with Crippen molar-refractivity contribution in [3.63, 3.8) is 0 Å². The Labute approximate surface area is 142 Å². The van der Waals surface area contributed by atoms with E-state index in [9.17, 15) is 4.39 Å². The number of halogens is 2. The van der Waals surface area contributed by atoms with Gasteiger partial charge >= 0.3 is 0 Å². The molecule has 0 fully saturated rings. The molecule has 0 amide bonds. The van der Waals surface area contributed by atoms with Gasteiger partial charge in [-0.15, -0.1) is 23.7 Å². The van der Waals surface area contributed by atoms with Crippen LogP contribution >= 0.6 is 35.1 Å². The van der Waals surface area contributed by atoms with Gasteiger partial charge in [-0.05, 0) is 34.5 Å². The van der Waals surface area contributed by atoms with Gasteiger partial charge in [0.15, 0.2) is 16.7 Å². The zero-order chi connectivity index (χ0) is 14.7. The van der Waals surface area contributed by atoms with Gasteiger partial charge in [-0.3, -0.25) is 0 Å². The minimum atomic E-state index is -0.391. The lowest BCUT2D eigenvalue weighted by Crippen LogP contribution is -1.94. The van der Waals surface area contributed by atoms with Crippen LogP contribution in [0.15, 0.2) is 40.4 Å². The van der Waals surface area contributed by atoms with Crippen molar-refractivity contribution in [3.05, 3.63) is 57.5 Å². The number of nitrogens with one attached hydrogen (secondary N) is 1. The summed E-state index contributed by atoms with van der Waals surface area (Å²) in [5, 5.41) is 10.1. The molecule has 0 atom stereocenters. The van der Waals surface area contributed by atoms with E-state index in [-0.39, 0.29) is 18.2 Å². The molecule has 0 aliphatic rings. The molecule has 2 heterocycles. The van der Waals surface area contributed by atoms with E-state index < -0.39 is 5.82 Å². The van der Waals surface area contributed by atoms with Crippen LogP contribution in [0.3, 0.4) is 0 Å². The number of nitrogens with zero attached hydrogens (tertiary/aromatic N) is 1. The van der Waals surface area contributed by atoms with Gasteiger partial charge in [0.1, 0.15) is 0 Å². The van der Waals surface area contributed by atoms with Crippen molar-refractivity contribution in [3.8, 4) is 5.75 Å². The Bertz CT molecular complexity index is 731. The highest BCUT2D eigenvalue weighted by Crippen LogP contribution is 2.26. The number of aromatic nitrogens is 1. The van der Waals surface area contributed by atoms with Crippen LogP contribution in [0.5, 0.6) is 5.75 Å². The first-order chi connectivity index (χ1) is 10.2. The van der Waals surface area contributed by atoms with E-state index in [0.29, 0.717) is 5.69 Å². The highest BCUT2D eigenvalue weighted by molar-refractivity contribution is 7.13. The highest BCUT2D eigenvalue weighted by atomic mass is 35.5. The van der Waals surface area contributed by atoms with Crippen LogP contribution in [0.4, 0.5) is 15.2 Å². The van der Waals surface area contributed by atoms with Crippen molar-refractivity contribution in [1.29, 1.82) is 0 Å². The van der Waals surface area contributed by atoms with Gasteiger partial charge < -0.3 is 10.1 Å². The Morgan fingerprint density at radius 1 is 1.27 bits per heavy atom. The lowest BCUT2D eigenvalue weighted by atomic mass is 10.2. The monoisotopic (exact) mass is 356 g/mol. The first-order valence-electron chi connectivity index (χ1n) is 6.30. The molecule has 0 saturated carbocycles. The zero-order valence-electron chi connectivity index (χ0n) is 11.7. The summed E-state index contributed by atoms with van der Waals surface area (Å²) in [5.74, 6) is -0.157. The lowest BCUT2D eigenvalue weighted by Gasteiger charge is -2.05. The third-order valence-electron chi connectivity index (χ3n) is 2.92. The molecule has 7 heteroatoms. The number of hydrogen-bond acceptors (Lipinski definition) is 5. The molecule has 0 aliphatic carbocycles. The van der Waals surface area contributed by atoms with Crippen LogP contribution in [0, 0.1) is 5.82 Å². The lowest BCUT2D eigenvalue weighted by molar-refractivity contribution is 0.386. The summed E-state index contributed by atoms with van der Waals surface area (Å²) >= 11 is 3.19. The second kappa shape index (κ2) is 7.58. The van der Waals surface area contributed by atoms with E-state index >= 15 is 0 Å². The fraction of sp³-hybridized carbons (Fsp3) is 0.133. The molecule has 2 aromatic heterocycles. The predicted molar refractivity (Wildman–Crippen MR) is 92.7 cm³/mol. The van der Waals surface area contributed by atoms with Gasteiger partial charge in [-0.2, -0.15) is 11.3 Å². The maximum absolute atomic E-state index is 13.6. The normalized spacial score (nSPS) is 10.1. The average Bonchev–Trinajstić information content (AvgIpc) is 3.12. The number of thiophene rings is 1. The standard InChI is InChI=1S/C15H13FN2OS2.ClH/c1-19-14-3-2-11(7-13(14)16)17-15-18-12(9-21-15)6-10-4-5-20-8-10;/h2-5,7-9H,6H2,1H3,(H,17,18);1H. The van der Waals surface area contributed by atoms with Gasteiger partial charge in [-0.25, -0.2) is 9.37 Å². The first-order valence-corrected chi connectivity index (χ1v) is 8.13. The van der Waals surface area contributed by atoms with E-state index in [0.717, 1.165) is 17.2 Å². The molecule has 0 bridgehead atoms. The van der Waals surface area contributed by atoms with Gasteiger partial charge in [0.05, 0.1) is 12.8 Å². The average molecular weight is 357 g/mol. The Morgan fingerprint density at radius 3 is 2.82 bits per heavy atom. The highest BCUT2D eigenvalue weighted by Gasteiger charge is 2.07. The third-order valence-corrected chi connectivity index (χ3v) is 4.46. The van der Waals surface area contributed by atoms with E-state index in [2.05, 4.69) is 27.1 Å². The quantitative estimate of drug-likeness (QED) is 0.689. The van der Waals surface area contributed by atoms with Crippen molar-refractivity contribution >= 4 is 45.9 Å². The molecule has 0 aliphatic heterocycles. The number of anilines is 2. The second-order valence-corrected chi connectivity index (χ2v) is 6.06. The molecule has 0 saturated heterocycles. The minimum absolute atomic E-state index is 0. The zero-order valence-corrected chi connectivity index (χ0v) is 14.2. The van der Waals surface area contributed by atoms with E-state index in [4.69, 9.17) is 4.74 Å². The van der Waals surface area contributed by atoms with E-state index in [1.807, 2.05) is 5.38 Å². The van der Waals surface area contributed by atoms with E-state index in [1.54, 1.807) is 23.5 Å². The largest absolute Gasteiger partial charge is 0.494 e. The molecular weight excluding hydrogens is 343 g/mol. The number of ether oxygens (including phenoxy) is 1. The number of rotatable bonds is 5. The summed E-state index contributed by atoms with van der Waals surface area (Å²) in [7, 11) is 1.45. The van der Waals surface area contributed by atoms with Gasteiger partial charge in [0.25, 0.3) is 0 Å². The van der Waals surface area contributed by atoms with Crippen LogP contribution in [0.1, 0.15) is 11.3 Å². The molecule has 0 spiro atoms. The number of methoxy groups -OCH3 is 1. The maximum atomic E-state index is 13.6. The Morgan fingerprint density at radius 2 is 2.14 bits per heavy atom. The maximum Gasteiger partial charge on any atom is 0.187 e. The van der Waals surface area contributed by atoms with Crippen LogP contribution in [-0.2, 0) is 6.42 Å². The van der Waals surface area contributed by atoms with Crippen molar-refractivity contribution < 1.29 is 9.13 Å². The third kappa shape index (κ3) is 3.97. The molecule has 0 unspecified atom stereocenters. The van der Waals surface area contributed by atoms with Crippen molar-refractivity contribution in [1.82, 2.24) is 4.98 Å². The summed E-state index contributed by atoms with van der Waals surface area (Å²) in [6.45, 7) is 0. The SMILES string of the molecule is COc1ccc(Nc2nc(Cc3ccsc3)cs2)cc1F.Cl. The second-order valence-electron chi connectivity index (χ2n) is 4.43. The van der Waals surface area contributed by atoms with Crippen molar-refractivity contribution in [2.45, 2.75) is 6.42 Å². The fourth-order valence-electron chi connectivity index (χ4n) is 1.92. The molecule has 3 aromatic rings. The summed E-state index contributed by atoms with van der Waals surface area (Å²) in [6, 6.07) is 6.86. The minimum Gasteiger partial charge on any atom is -0.494 e. The van der Waals surface area contributed by atoms with Crippen LogP contribution < -0.4 is 10.1 Å². The van der Waals surface area contributed by atoms with Crippen LogP contribution in [0.2, 0.25) is 0 Å². The topological polar surface area (TPSA) is 34.1 Å². The Kier molecular flexibility index (Phi) is 5.76.